The van der Waals surface area contributed by atoms with Gasteiger partial charge in [0.25, 0.3) is 0 Å². The van der Waals surface area contributed by atoms with Crippen LogP contribution in [0.5, 0.6) is 0 Å². The molecule has 0 saturated heterocycles. The van der Waals surface area contributed by atoms with E-state index in [-0.39, 0.29) is 30.8 Å². The van der Waals surface area contributed by atoms with Crippen molar-refractivity contribution < 1.29 is 18.0 Å². The van der Waals surface area contributed by atoms with Gasteiger partial charge >= 0.3 is 0 Å². The fraction of sp³-hybridized carbons (Fsp3) is 0.517. The summed E-state index contributed by atoms with van der Waals surface area (Å²) in [6.45, 7) is 6.21. The molecule has 0 radical (unpaired) electrons. The van der Waals surface area contributed by atoms with Gasteiger partial charge in [-0.1, -0.05) is 61.2 Å². The van der Waals surface area contributed by atoms with Gasteiger partial charge in [-0.3, -0.25) is 13.9 Å². The second kappa shape index (κ2) is 13.1. The summed E-state index contributed by atoms with van der Waals surface area (Å²) in [6.07, 6.45) is 7.05. The highest BCUT2D eigenvalue weighted by atomic mass is 32.2. The van der Waals surface area contributed by atoms with Crippen LogP contribution in [0.15, 0.2) is 48.5 Å². The first-order valence-corrected chi connectivity index (χ1v) is 15.1. The average Bonchev–Trinajstić information content (AvgIpc) is 2.85. The van der Waals surface area contributed by atoms with Crippen LogP contribution in [0, 0.1) is 13.8 Å². The Morgan fingerprint density at radius 3 is 2.30 bits per heavy atom. The molecule has 1 aliphatic carbocycles. The molecule has 1 N–H and O–H groups in total. The molecule has 2 aromatic rings. The number of anilines is 1. The zero-order valence-electron chi connectivity index (χ0n) is 22.6. The number of nitrogens with one attached hydrogen (secondary N) is 1. The first-order chi connectivity index (χ1) is 17.5. The number of hydrogen-bond acceptors (Lipinski definition) is 4. The maximum Gasteiger partial charge on any atom is 0.242 e. The normalized spacial score (nSPS) is 15.1. The Bertz CT molecular complexity index is 1160. The first kappa shape index (κ1) is 28.7. The predicted molar refractivity (Wildman–Crippen MR) is 149 cm³/mol. The van der Waals surface area contributed by atoms with Crippen molar-refractivity contribution in [3.05, 3.63) is 65.2 Å². The van der Waals surface area contributed by atoms with Gasteiger partial charge in [0, 0.05) is 25.6 Å². The second-order valence-electron chi connectivity index (χ2n) is 10.3. The van der Waals surface area contributed by atoms with E-state index < -0.39 is 16.1 Å². The third-order valence-corrected chi connectivity index (χ3v) is 8.23. The quantitative estimate of drug-likeness (QED) is 0.458. The van der Waals surface area contributed by atoms with Crippen LogP contribution in [-0.4, -0.2) is 50.0 Å². The number of sulfonamides is 1. The minimum absolute atomic E-state index is 0.134. The van der Waals surface area contributed by atoms with Crippen LogP contribution in [0.3, 0.4) is 0 Å². The molecular weight excluding hydrogens is 486 g/mol. The summed E-state index contributed by atoms with van der Waals surface area (Å²) < 4.78 is 26.3. The van der Waals surface area contributed by atoms with E-state index in [4.69, 9.17) is 0 Å². The number of nitrogens with zero attached hydrogens (tertiary/aromatic N) is 2. The van der Waals surface area contributed by atoms with E-state index in [1.807, 2.05) is 56.3 Å². The number of amides is 2. The lowest BCUT2D eigenvalue weighted by molar-refractivity contribution is -0.141. The van der Waals surface area contributed by atoms with Gasteiger partial charge in [-0.05, 0) is 63.3 Å². The van der Waals surface area contributed by atoms with Crippen LogP contribution in [0.25, 0.3) is 0 Å². The van der Waals surface area contributed by atoms with Crippen molar-refractivity contribution in [2.45, 2.75) is 84.3 Å². The molecule has 7 nitrogen and oxygen atoms in total. The summed E-state index contributed by atoms with van der Waals surface area (Å²) in [5, 5.41) is 3.15. The van der Waals surface area contributed by atoms with Crippen molar-refractivity contribution in [1.82, 2.24) is 10.2 Å². The number of benzene rings is 2. The molecule has 37 heavy (non-hydrogen) atoms. The molecule has 0 spiro atoms. The Balaban J connectivity index is 1.71. The van der Waals surface area contributed by atoms with Gasteiger partial charge in [-0.25, -0.2) is 8.42 Å². The van der Waals surface area contributed by atoms with Gasteiger partial charge < -0.3 is 10.2 Å². The van der Waals surface area contributed by atoms with Gasteiger partial charge in [-0.15, -0.1) is 0 Å². The first-order valence-electron chi connectivity index (χ1n) is 13.2. The van der Waals surface area contributed by atoms with Gasteiger partial charge in [0.2, 0.25) is 21.8 Å². The van der Waals surface area contributed by atoms with Crippen molar-refractivity contribution in [2.75, 3.05) is 17.1 Å². The highest BCUT2D eigenvalue weighted by molar-refractivity contribution is 7.92. The van der Waals surface area contributed by atoms with E-state index in [2.05, 4.69) is 5.32 Å². The standard InChI is InChI=1S/C29H41N3O4S/c1-22-15-17-25(18-16-22)21-31(24(3)29(34)30-26-11-6-5-7-12-26)28(33)14-9-19-32(37(4,35)36)27-13-8-10-23(2)20-27/h8,10,13,15-18,20,24,26H,5-7,9,11-12,14,19,21H2,1-4H3,(H,30,34)/t24-/m1/s1. The summed E-state index contributed by atoms with van der Waals surface area (Å²) in [4.78, 5) is 28.2. The average molecular weight is 528 g/mol. The largest absolute Gasteiger partial charge is 0.352 e. The summed E-state index contributed by atoms with van der Waals surface area (Å²) in [6, 6.07) is 14.8. The van der Waals surface area contributed by atoms with Crippen LogP contribution in [0.2, 0.25) is 0 Å². The Labute approximate surface area is 222 Å². The maximum atomic E-state index is 13.5. The van der Waals surface area contributed by atoms with Crippen molar-refractivity contribution in [3.8, 4) is 0 Å². The summed E-state index contributed by atoms with van der Waals surface area (Å²) in [5.74, 6) is -0.297. The molecule has 1 atom stereocenters. The summed E-state index contributed by atoms with van der Waals surface area (Å²) in [7, 11) is -3.51. The third kappa shape index (κ3) is 8.59. The van der Waals surface area contributed by atoms with Crippen LogP contribution in [0.4, 0.5) is 5.69 Å². The Morgan fingerprint density at radius 2 is 1.68 bits per heavy atom. The van der Waals surface area contributed by atoms with Gasteiger partial charge in [0.05, 0.1) is 11.9 Å². The lowest BCUT2D eigenvalue weighted by Crippen LogP contribution is -2.50. The van der Waals surface area contributed by atoms with E-state index in [1.165, 1.54) is 17.0 Å². The minimum Gasteiger partial charge on any atom is -0.352 e. The number of hydrogen-bond donors (Lipinski definition) is 1. The zero-order valence-corrected chi connectivity index (χ0v) is 23.4. The lowest BCUT2D eigenvalue weighted by Gasteiger charge is -2.31. The number of carbonyl (C=O) groups is 2. The number of carbonyl (C=O) groups excluding carboxylic acids is 2. The monoisotopic (exact) mass is 527 g/mol. The van der Waals surface area contributed by atoms with Crippen molar-refractivity contribution in [3.63, 3.8) is 0 Å². The molecule has 3 rings (SSSR count). The third-order valence-electron chi connectivity index (χ3n) is 7.03. The molecule has 0 bridgehead atoms. The lowest BCUT2D eigenvalue weighted by atomic mass is 9.95. The van der Waals surface area contributed by atoms with E-state index >= 15 is 0 Å². The van der Waals surface area contributed by atoms with Crippen LogP contribution >= 0.6 is 0 Å². The van der Waals surface area contributed by atoms with Crippen molar-refractivity contribution in [2.24, 2.45) is 0 Å². The molecule has 0 aromatic heterocycles. The Kier molecular flexibility index (Phi) is 10.1. The molecule has 202 valence electrons. The molecule has 2 aromatic carbocycles. The van der Waals surface area contributed by atoms with E-state index in [0.29, 0.717) is 18.7 Å². The molecule has 0 unspecified atom stereocenters. The van der Waals surface area contributed by atoms with E-state index in [1.54, 1.807) is 17.9 Å². The number of aryl methyl sites for hydroxylation is 2. The minimum atomic E-state index is -3.51. The molecular formula is C29H41N3O4S. The summed E-state index contributed by atoms with van der Waals surface area (Å²) in [5.41, 5.74) is 3.63. The smallest absolute Gasteiger partial charge is 0.242 e. The topological polar surface area (TPSA) is 86.8 Å². The Hall–Kier alpha value is -2.87. The molecule has 1 saturated carbocycles. The molecule has 1 fully saturated rings. The highest BCUT2D eigenvalue weighted by Crippen LogP contribution is 2.21. The van der Waals surface area contributed by atoms with Crippen molar-refractivity contribution in [1.29, 1.82) is 0 Å². The van der Waals surface area contributed by atoms with Crippen LogP contribution < -0.4 is 9.62 Å². The summed E-state index contributed by atoms with van der Waals surface area (Å²) >= 11 is 0. The number of rotatable bonds is 11. The van der Waals surface area contributed by atoms with E-state index in [0.717, 1.165) is 42.4 Å². The fourth-order valence-corrected chi connectivity index (χ4v) is 5.79. The van der Waals surface area contributed by atoms with Gasteiger partial charge in [0.15, 0.2) is 0 Å². The van der Waals surface area contributed by atoms with Crippen LogP contribution in [0.1, 0.15) is 68.6 Å². The van der Waals surface area contributed by atoms with Gasteiger partial charge in [-0.2, -0.15) is 0 Å². The molecule has 0 aliphatic heterocycles. The van der Waals surface area contributed by atoms with Gasteiger partial charge in [0.1, 0.15) is 6.04 Å². The maximum absolute atomic E-state index is 13.5. The van der Waals surface area contributed by atoms with E-state index in [9.17, 15) is 18.0 Å². The molecule has 1 aliphatic rings. The van der Waals surface area contributed by atoms with Crippen molar-refractivity contribution >= 4 is 27.5 Å². The van der Waals surface area contributed by atoms with Crippen LogP contribution in [-0.2, 0) is 26.2 Å². The molecule has 8 heteroatoms. The fourth-order valence-electron chi connectivity index (χ4n) is 4.83. The SMILES string of the molecule is Cc1ccc(CN(C(=O)CCCN(c2cccc(C)c2)S(C)(=O)=O)[C@H](C)C(=O)NC2CCCCC2)cc1. The highest BCUT2D eigenvalue weighted by Gasteiger charge is 2.28. The molecule has 0 heterocycles. The second-order valence-corrected chi connectivity index (χ2v) is 12.2. The predicted octanol–water partition coefficient (Wildman–Crippen LogP) is 4.72. The zero-order chi connectivity index (χ0) is 27.0. The Morgan fingerprint density at radius 1 is 1.00 bits per heavy atom. The molecule has 2 amide bonds.